The van der Waals surface area contributed by atoms with Gasteiger partial charge in [0, 0.05) is 11.6 Å². The van der Waals surface area contributed by atoms with Crippen LogP contribution < -0.4 is 5.73 Å². The second kappa shape index (κ2) is 5.26. The Labute approximate surface area is 123 Å². The van der Waals surface area contributed by atoms with E-state index >= 15 is 0 Å². The third-order valence-electron chi connectivity index (χ3n) is 4.01. The quantitative estimate of drug-likeness (QED) is 0.794. The fourth-order valence-corrected chi connectivity index (χ4v) is 2.38. The predicted octanol–water partition coefficient (Wildman–Crippen LogP) is 3.26. The van der Waals surface area contributed by atoms with Crippen molar-refractivity contribution in [3.63, 3.8) is 0 Å². The van der Waals surface area contributed by atoms with E-state index in [1.54, 1.807) is 6.20 Å². The van der Waals surface area contributed by atoms with E-state index in [2.05, 4.69) is 15.1 Å². The van der Waals surface area contributed by atoms with E-state index in [9.17, 15) is 0 Å². The largest absolute Gasteiger partial charge is 0.332 e. The van der Waals surface area contributed by atoms with Crippen molar-refractivity contribution in [1.29, 1.82) is 0 Å². The minimum absolute atomic E-state index is 0.415. The third kappa shape index (κ3) is 2.29. The van der Waals surface area contributed by atoms with Gasteiger partial charge in [-0.15, -0.1) is 0 Å². The van der Waals surface area contributed by atoms with Crippen LogP contribution in [-0.4, -0.2) is 15.1 Å². The lowest BCUT2D eigenvalue weighted by molar-refractivity contribution is 0.350. The van der Waals surface area contributed by atoms with Gasteiger partial charge in [-0.05, 0) is 24.3 Å². The lowest BCUT2D eigenvalue weighted by atomic mass is 9.93. The van der Waals surface area contributed by atoms with E-state index in [0.29, 0.717) is 17.4 Å². The number of benzene rings is 1. The molecular weight excluding hydrogens is 264 g/mol. The summed E-state index contributed by atoms with van der Waals surface area (Å²) >= 11 is 0. The van der Waals surface area contributed by atoms with Gasteiger partial charge in [0.15, 0.2) is 5.82 Å². The van der Waals surface area contributed by atoms with Gasteiger partial charge in [0.05, 0.1) is 5.54 Å². The molecular formula is C16H18N4O. The standard InChI is InChI=1S/C16H18N4O/c1-3-16(17,4-2)15-19-14(21-20-15)13-12-8-6-5-7-11(12)9-10-18-13/h5-10H,3-4,17H2,1-2H3. The minimum Gasteiger partial charge on any atom is -0.332 e. The Morgan fingerprint density at radius 2 is 1.90 bits per heavy atom. The number of nitrogens with two attached hydrogens (primary N) is 1. The molecule has 0 atom stereocenters. The molecule has 0 fully saturated rings. The molecule has 0 saturated heterocycles. The van der Waals surface area contributed by atoms with Gasteiger partial charge >= 0.3 is 0 Å². The number of nitrogens with zero attached hydrogens (tertiary/aromatic N) is 3. The van der Waals surface area contributed by atoms with E-state index in [4.69, 9.17) is 10.3 Å². The Hall–Kier alpha value is -2.27. The van der Waals surface area contributed by atoms with E-state index < -0.39 is 5.54 Å². The molecule has 108 valence electrons. The first-order valence-electron chi connectivity index (χ1n) is 7.15. The van der Waals surface area contributed by atoms with Crippen LogP contribution in [0.25, 0.3) is 22.4 Å². The zero-order chi connectivity index (χ0) is 14.9. The second-order valence-corrected chi connectivity index (χ2v) is 5.17. The maximum absolute atomic E-state index is 6.32. The normalized spacial score (nSPS) is 12.0. The first-order valence-corrected chi connectivity index (χ1v) is 7.15. The van der Waals surface area contributed by atoms with Crippen molar-refractivity contribution in [2.75, 3.05) is 0 Å². The van der Waals surface area contributed by atoms with Crippen LogP contribution >= 0.6 is 0 Å². The van der Waals surface area contributed by atoms with Crippen molar-refractivity contribution in [3.8, 4) is 11.6 Å². The monoisotopic (exact) mass is 282 g/mol. The highest BCUT2D eigenvalue weighted by atomic mass is 16.5. The summed E-state index contributed by atoms with van der Waals surface area (Å²) in [4.78, 5) is 8.87. The molecule has 0 radical (unpaired) electrons. The van der Waals surface area contributed by atoms with Crippen molar-refractivity contribution in [3.05, 3.63) is 42.4 Å². The Bertz CT molecular complexity index is 756. The molecule has 2 N–H and O–H groups in total. The van der Waals surface area contributed by atoms with Crippen LogP contribution in [0.4, 0.5) is 0 Å². The molecule has 3 rings (SSSR count). The second-order valence-electron chi connectivity index (χ2n) is 5.17. The minimum atomic E-state index is -0.549. The van der Waals surface area contributed by atoms with Gasteiger partial charge < -0.3 is 10.3 Å². The topological polar surface area (TPSA) is 77.8 Å². The van der Waals surface area contributed by atoms with Crippen LogP contribution in [0, 0.1) is 0 Å². The summed E-state index contributed by atoms with van der Waals surface area (Å²) in [6.45, 7) is 4.05. The highest BCUT2D eigenvalue weighted by Gasteiger charge is 2.29. The van der Waals surface area contributed by atoms with Crippen LogP contribution in [0.5, 0.6) is 0 Å². The van der Waals surface area contributed by atoms with Crippen molar-refractivity contribution in [2.45, 2.75) is 32.2 Å². The molecule has 0 aliphatic heterocycles. The Morgan fingerprint density at radius 3 is 2.67 bits per heavy atom. The summed E-state index contributed by atoms with van der Waals surface area (Å²) in [5.41, 5.74) is 6.46. The third-order valence-corrected chi connectivity index (χ3v) is 4.01. The molecule has 5 nitrogen and oxygen atoms in total. The fourth-order valence-electron chi connectivity index (χ4n) is 2.38. The van der Waals surface area contributed by atoms with Crippen molar-refractivity contribution in [2.24, 2.45) is 5.73 Å². The van der Waals surface area contributed by atoms with Gasteiger partial charge in [0.2, 0.25) is 0 Å². The SMILES string of the molecule is CCC(N)(CC)c1noc(-c2nccc3ccccc23)n1. The molecule has 2 aromatic heterocycles. The number of hydrogen-bond donors (Lipinski definition) is 1. The zero-order valence-electron chi connectivity index (χ0n) is 12.2. The molecule has 0 amide bonds. The molecule has 0 saturated carbocycles. The van der Waals surface area contributed by atoms with Crippen molar-refractivity contribution in [1.82, 2.24) is 15.1 Å². The van der Waals surface area contributed by atoms with Gasteiger partial charge in [-0.3, -0.25) is 4.98 Å². The zero-order valence-corrected chi connectivity index (χ0v) is 12.2. The van der Waals surface area contributed by atoms with Crippen LogP contribution in [0.2, 0.25) is 0 Å². The molecule has 0 aliphatic carbocycles. The summed E-state index contributed by atoms with van der Waals surface area (Å²) in [5, 5.41) is 6.14. The smallest absolute Gasteiger partial charge is 0.277 e. The van der Waals surface area contributed by atoms with Crippen LogP contribution in [0.15, 0.2) is 41.1 Å². The highest BCUT2D eigenvalue weighted by Crippen LogP contribution is 2.28. The molecule has 2 heterocycles. The molecule has 1 aromatic carbocycles. The van der Waals surface area contributed by atoms with E-state index in [-0.39, 0.29) is 0 Å². The van der Waals surface area contributed by atoms with Gasteiger partial charge in [-0.25, -0.2) is 0 Å². The maximum Gasteiger partial charge on any atom is 0.277 e. The summed E-state index contributed by atoms with van der Waals surface area (Å²) < 4.78 is 5.41. The molecule has 3 aromatic rings. The Kier molecular flexibility index (Phi) is 3.43. The lowest BCUT2D eigenvalue weighted by Gasteiger charge is -2.21. The van der Waals surface area contributed by atoms with Crippen molar-refractivity contribution < 1.29 is 4.52 Å². The van der Waals surface area contributed by atoms with Gasteiger partial charge in [0.25, 0.3) is 5.89 Å². The maximum atomic E-state index is 6.32. The van der Waals surface area contributed by atoms with E-state index in [1.807, 2.05) is 44.2 Å². The summed E-state index contributed by atoms with van der Waals surface area (Å²) in [5.74, 6) is 0.954. The Balaban J connectivity index is 2.11. The average Bonchev–Trinajstić information content (AvgIpc) is 3.04. The van der Waals surface area contributed by atoms with E-state index in [1.165, 1.54) is 0 Å². The van der Waals surface area contributed by atoms with Gasteiger partial charge in [0.1, 0.15) is 5.69 Å². The van der Waals surface area contributed by atoms with Crippen LogP contribution in [0.3, 0.4) is 0 Å². The first kappa shape index (κ1) is 13.7. The number of rotatable bonds is 4. The molecule has 0 aliphatic rings. The molecule has 0 unspecified atom stereocenters. The lowest BCUT2D eigenvalue weighted by Crippen LogP contribution is -2.36. The number of hydrogen-bond acceptors (Lipinski definition) is 5. The molecule has 0 bridgehead atoms. The highest BCUT2D eigenvalue weighted by molar-refractivity contribution is 5.92. The van der Waals surface area contributed by atoms with Gasteiger partial charge in [-0.2, -0.15) is 4.98 Å². The van der Waals surface area contributed by atoms with Crippen LogP contribution in [0.1, 0.15) is 32.5 Å². The number of pyridine rings is 1. The van der Waals surface area contributed by atoms with Crippen LogP contribution in [-0.2, 0) is 5.54 Å². The summed E-state index contributed by atoms with van der Waals surface area (Å²) in [6.07, 6.45) is 3.26. The number of fused-ring (bicyclic) bond motifs is 1. The molecule has 21 heavy (non-hydrogen) atoms. The van der Waals surface area contributed by atoms with E-state index in [0.717, 1.165) is 23.6 Å². The average molecular weight is 282 g/mol. The first-order chi connectivity index (χ1) is 10.2. The van der Waals surface area contributed by atoms with Gasteiger partial charge in [-0.1, -0.05) is 43.3 Å². The molecule has 5 heteroatoms. The number of aromatic nitrogens is 3. The molecule has 0 spiro atoms. The van der Waals surface area contributed by atoms with Crippen molar-refractivity contribution >= 4 is 10.8 Å². The predicted molar refractivity (Wildman–Crippen MR) is 81.5 cm³/mol. The summed E-state index contributed by atoms with van der Waals surface area (Å²) in [7, 11) is 0. The Morgan fingerprint density at radius 1 is 1.14 bits per heavy atom. The fraction of sp³-hybridized carbons (Fsp3) is 0.312. The summed E-state index contributed by atoms with van der Waals surface area (Å²) in [6, 6.07) is 9.95.